The fourth-order valence-corrected chi connectivity index (χ4v) is 4.99. The Bertz CT molecular complexity index is 975. The summed E-state index contributed by atoms with van der Waals surface area (Å²) in [6.07, 6.45) is 7.23. The Hall–Kier alpha value is -2.72. The summed E-state index contributed by atoms with van der Waals surface area (Å²) >= 11 is 0. The monoisotopic (exact) mass is 356 g/mol. The molecule has 2 aliphatic carbocycles. The van der Waals surface area contributed by atoms with E-state index in [-0.39, 0.29) is 5.41 Å². The Balaban J connectivity index is 1.79. The Morgan fingerprint density at radius 3 is 2.37 bits per heavy atom. The maximum atomic E-state index is 5.99. The highest BCUT2D eigenvalue weighted by atomic mass is 15.3. The van der Waals surface area contributed by atoms with E-state index in [0.717, 1.165) is 29.3 Å². The first kappa shape index (κ1) is 16.5. The lowest BCUT2D eigenvalue weighted by Gasteiger charge is -2.43. The lowest BCUT2D eigenvalue weighted by atomic mass is 9.62. The molecule has 0 atom stereocenters. The van der Waals surface area contributed by atoms with E-state index >= 15 is 0 Å². The maximum absolute atomic E-state index is 5.99. The van der Waals surface area contributed by atoms with Crippen molar-refractivity contribution < 1.29 is 0 Å². The Morgan fingerprint density at radius 1 is 0.852 bits per heavy atom. The van der Waals surface area contributed by atoms with Gasteiger partial charge in [0.2, 0.25) is 0 Å². The SMILES string of the molecule is NNc1nc(-c2ccccc2)nc2c1C1(CCCCC1)Cc1ccccc1-2. The van der Waals surface area contributed by atoms with Crippen molar-refractivity contribution >= 4 is 5.82 Å². The number of hydrogen-bond acceptors (Lipinski definition) is 4. The molecule has 0 radical (unpaired) electrons. The van der Waals surface area contributed by atoms with E-state index in [2.05, 4.69) is 29.7 Å². The molecular formula is C23H24N4. The minimum absolute atomic E-state index is 0.0961. The number of fused-ring (bicyclic) bond motifs is 4. The van der Waals surface area contributed by atoms with Gasteiger partial charge in [0.1, 0.15) is 5.82 Å². The molecule has 0 aliphatic heterocycles. The molecule has 136 valence electrons. The van der Waals surface area contributed by atoms with Gasteiger partial charge >= 0.3 is 0 Å². The van der Waals surface area contributed by atoms with Gasteiger partial charge in [-0.15, -0.1) is 0 Å². The molecule has 3 N–H and O–H groups in total. The number of aromatic nitrogens is 2. The molecule has 2 aliphatic rings. The number of hydrazine groups is 1. The molecule has 27 heavy (non-hydrogen) atoms. The number of nitrogens with one attached hydrogen (secondary N) is 1. The summed E-state index contributed by atoms with van der Waals surface area (Å²) in [5, 5.41) is 0. The standard InChI is InChI=1S/C23H24N4/c24-27-22-19-20(25-21(26-22)16-9-3-1-4-10-16)18-12-6-5-11-17(18)15-23(19)13-7-2-8-14-23/h1,3-6,9-12H,2,7-8,13-15,24H2,(H,25,26,27). The molecule has 2 aromatic carbocycles. The first-order valence-corrected chi connectivity index (χ1v) is 9.84. The van der Waals surface area contributed by atoms with Crippen molar-refractivity contribution in [2.75, 3.05) is 5.43 Å². The largest absolute Gasteiger partial charge is 0.308 e. The van der Waals surface area contributed by atoms with Crippen molar-refractivity contribution in [1.82, 2.24) is 9.97 Å². The van der Waals surface area contributed by atoms with Crippen LogP contribution in [0.25, 0.3) is 22.6 Å². The van der Waals surface area contributed by atoms with E-state index < -0.39 is 0 Å². The zero-order valence-corrected chi connectivity index (χ0v) is 15.4. The van der Waals surface area contributed by atoms with Gasteiger partial charge in [-0.3, -0.25) is 0 Å². The van der Waals surface area contributed by atoms with Gasteiger partial charge in [-0.05, 0) is 24.8 Å². The van der Waals surface area contributed by atoms with Gasteiger partial charge < -0.3 is 5.43 Å². The number of nitrogens with two attached hydrogens (primary N) is 1. The second-order valence-electron chi connectivity index (χ2n) is 7.80. The second-order valence-corrected chi connectivity index (χ2v) is 7.80. The number of benzene rings is 2. The molecule has 3 aromatic rings. The van der Waals surface area contributed by atoms with Crippen LogP contribution >= 0.6 is 0 Å². The molecule has 1 heterocycles. The van der Waals surface area contributed by atoms with Crippen molar-refractivity contribution in [3.63, 3.8) is 0 Å². The third kappa shape index (κ3) is 2.63. The van der Waals surface area contributed by atoms with E-state index in [1.807, 2.05) is 30.3 Å². The van der Waals surface area contributed by atoms with Crippen LogP contribution in [-0.2, 0) is 11.8 Å². The third-order valence-electron chi connectivity index (χ3n) is 6.22. The average Bonchev–Trinajstić information content (AvgIpc) is 2.74. The van der Waals surface area contributed by atoms with Gasteiger partial charge in [-0.1, -0.05) is 73.9 Å². The van der Waals surface area contributed by atoms with Gasteiger partial charge in [0.25, 0.3) is 0 Å². The topological polar surface area (TPSA) is 63.8 Å². The third-order valence-corrected chi connectivity index (χ3v) is 6.22. The molecule has 0 saturated heterocycles. The highest BCUT2D eigenvalue weighted by Crippen LogP contribution is 2.52. The number of rotatable bonds is 2. The minimum atomic E-state index is 0.0961. The quantitative estimate of drug-likeness (QED) is 0.509. The minimum Gasteiger partial charge on any atom is -0.308 e. The predicted molar refractivity (Wildman–Crippen MR) is 109 cm³/mol. The van der Waals surface area contributed by atoms with Crippen molar-refractivity contribution in [3.05, 3.63) is 65.7 Å². The molecule has 1 saturated carbocycles. The first-order valence-electron chi connectivity index (χ1n) is 9.84. The molecule has 1 fully saturated rings. The Kier molecular flexibility index (Phi) is 3.94. The normalized spacial score (nSPS) is 17.2. The van der Waals surface area contributed by atoms with Crippen molar-refractivity contribution in [2.45, 2.75) is 43.9 Å². The van der Waals surface area contributed by atoms with E-state index in [4.69, 9.17) is 15.8 Å². The lowest BCUT2D eigenvalue weighted by molar-refractivity contribution is 0.288. The molecule has 0 unspecified atom stereocenters. The molecule has 5 rings (SSSR count). The number of nitrogen functional groups attached to an aromatic ring is 1. The smallest absolute Gasteiger partial charge is 0.162 e. The summed E-state index contributed by atoms with van der Waals surface area (Å²) in [6.45, 7) is 0. The second kappa shape index (κ2) is 6.46. The summed E-state index contributed by atoms with van der Waals surface area (Å²) in [7, 11) is 0. The summed E-state index contributed by atoms with van der Waals surface area (Å²) in [4.78, 5) is 9.93. The maximum Gasteiger partial charge on any atom is 0.162 e. The summed E-state index contributed by atoms with van der Waals surface area (Å²) < 4.78 is 0. The summed E-state index contributed by atoms with van der Waals surface area (Å²) in [5.74, 6) is 7.50. The van der Waals surface area contributed by atoms with Crippen LogP contribution in [0.15, 0.2) is 54.6 Å². The van der Waals surface area contributed by atoms with Gasteiger partial charge in [-0.2, -0.15) is 0 Å². The van der Waals surface area contributed by atoms with Crippen molar-refractivity contribution in [1.29, 1.82) is 0 Å². The van der Waals surface area contributed by atoms with E-state index in [9.17, 15) is 0 Å². The Labute approximate surface area is 159 Å². The fraction of sp³-hybridized carbons (Fsp3) is 0.304. The number of anilines is 1. The van der Waals surface area contributed by atoms with E-state index in [0.29, 0.717) is 0 Å². The van der Waals surface area contributed by atoms with Crippen LogP contribution in [0.2, 0.25) is 0 Å². The van der Waals surface area contributed by atoms with Crippen molar-refractivity contribution in [2.24, 2.45) is 5.84 Å². The molecule has 0 bridgehead atoms. The predicted octanol–water partition coefficient (Wildman–Crippen LogP) is 4.85. The van der Waals surface area contributed by atoms with Gasteiger partial charge in [0.15, 0.2) is 5.82 Å². The van der Waals surface area contributed by atoms with Crippen molar-refractivity contribution in [3.8, 4) is 22.6 Å². The van der Waals surface area contributed by atoms with E-state index in [1.54, 1.807) is 0 Å². The van der Waals surface area contributed by atoms with Crippen LogP contribution < -0.4 is 11.3 Å². The van der Waals surface area contributed by atoms with Crippen LogP contribution in [0, 0.1) is 0 Å². The van der Waals surface area contributed by atoms with Gasteiger partial charge in [0, 0.05) is 22.1 Å². The molecule has 1 aromatic heterocycles. The summed E-state index contributed by atoms with van der Waals surface area (Å²) in [6, 6.07) is 18.8. The van der Waals surface area contributed by atoms with E-state index in [1.165, 1.54) is 48.8 Å². The zero-order valence-electron chi connectivity index (χ0n) is 15.4. The van der Waals surface area contributed by atoms with Gasteiger partial charge in [0.05, 0.1) is 5.69 Å². The summed E-state index contributed by atoms with van der Waals surface area (Å²) in [5.41, 5.74) is 8.92. The van der Waals surface area contributed by atoms with Crippen LogP contribution in [-0.4, -0.2) is 9.97 Å². The van der Waals surface area contributed by atoms with Crippen LogP contribution in [0.3, 0.4) is 0 Å². The molecule has 0 amide bonds. The zero-order chi connectivity index (χ0) is 18.3. The average molecular weight is 356 g/mol. The molecule has 1 spiro atoms. The number of hydrogen-bond donors (Lipinski definition) is 2. The Morgan fingerprint density at radius 2 is 1.59 bits per heavy atom. The van der Waals surface area contributed by atoms with Crippen LogP contribution in [0.1, 0.15) is 43.2 Å². The molecule has 4 nitrogen and oxygen atoms in total. The lowest BCUT2D eigenvalue weighted by Crippen LogP contribution is -2.37. The van der Waals surface area contributed by atoms with Gasteiger partial charge in [-0.25, -0.2) is 15.8 Å². The highest BCUT2D eigenvalue weighted by molar-refractivity contribution is 5.78. The number of nitrogens with zero attached hydrogens (tertiary/aromatic N) is 2. The highest BCUT2D eigenvalue weighted by Gasteiger charge is 2.43. The molecule has 4 heteroatoms. The fourth-order valence-electron chi connectivity index (χ4n) is 4.99. The van der Waals surface area contributed by atoms with Crippen LogP contribution in [0.5, 0.6) is 0 Å². The molecular weight excluding hydrogens is 332 g/mol. The first-order chi connectivity index (χ1) is 13.3. The van der Waals surface area contributed by atoms with Crippen LogP contribution in [0.4, 0.5) is 5.82 Å².